The van der Waals surface area contributed by atoms with Gasteiger partial charge < -0.3 is 25.8 Å². The molecule has 0 saturated carbocycles. The number of ether oxygens (including phenoxy) is 1. The van der Waals surface area contributed by atoms with Crippen molar-refractivity contribution in [1.29, 1.82) is 0 Å². The largest absolute Gasteiger partial charge is 0.392 e. The lowest BCUT2D eigenvalue weighted by molar-refractivity contribution is -0.132. The number of hydrogen-bond acceptors (Lipinski definition) is 10. The molecule has 1 aliphatic heterocycles. The van der Waals surface area contributed by atoms with Gasteiger partial charge in [-0.25, -0.2) is 19.7 Å². The number of aliphatic hydroxyl groups excluding tert-OH is 3. The van der Waals surface area contributed by atoms with Gasteiger partial charge in [0.15, 0.2) is 23.4 Å². The van der Waals surface area contributed by atoms with Crippen molar-refractivity contribution in [2.24, 2.45) is 0 Å². The van der Waals surface area contributed by atoms with Crippen LogP contribution in [0.25, 0.3) is 11.2 Å². The Morgan fingerprint density at radius 3 is 2.81 bits per heavy atom. The molecule has 21 heavy (non-hydrogen) atoms. The highest BCUT2D eigenvalue weighted by Gasteiger charge is 2.54. The molecular weight excluding hydrogens is 300 g/mol. The maximum atomic E-state index is 10.2. The standard InChI is InChI=1S/C10H14N6O4S/c11-7-4-8(13-2-12-7)16(3-14-4)9-5(18)6(19)10(1-17,15-21)20-9/h2-3,5-6,9,15,17-19,21H,1H2,(H2,11,12,13)/t5?,6?,9-,10-/m1/s1. The highest BCUT2D eigenvalue weighted by atomic mass is 32.1. The summed E-state index contributed by atoms with van der Waals surface area (Å²) in [6.07, 6.45) is -1.13. The van der Waals surface area contributed by atoms with Crippen LogP contribution in [-0.2, 0) is 4.74 Å². The van der Waals surface area contributed by atoms with E-state index in [-0.39, 0.29) is 5.82 Å². The summed E-state index contributed by atoms with van der Waals surface area (Å²) >= 11 is 3.83. The number of hydrogen-bond donors (Lipinski definition) is 6. The normalized spacial score (nSPS) is 32.9. The van der Waals surface area contributed by atoms with Crippen molar-refractivity contribution >= 4 is 29.8 Å². The summed E-state index contributed by atoms with van der Waals surface area (Å²) in [5.74, 6) is 0.188. The molecule has 4 atom stereocenters. The Labute approximate surface area is 124 Å². The van der Waals surface area contributed by atoms with Crippen molar-refractivity contribution in [2.75, 3.05) is 12.3 Å². The number of nitrogens with zero attached hydrogens (tertiary/aromatic N) is 4. The monoisotopic (exact) mass is 314 g/mol. The van der Waals surface area contributed by atoms with Crippen molar-refractivity contribution in [3.8, 4) is 0 Å². The number of aliphatic hydroxyl groups is 3. The second-order valence-electron chi connectivity index (χ2n) is 4.69. The van der Waals surface area contributed by atoms with E-state index in [1.54, 1.807) is 0 Å². The first-order valence-corrected chi connectivity index (χ1v) is 6.48. The van der Waals surface area contributed by atoms with E-state index >= 15 is 0 Å². The number of nitrogens with two attached hydrogens (primary N) is 1. The molecule has 0 amide bonds. The molecule has 114 valence electrons. The fraction of sp³-hybridized carbons (Fsp3) is 0.500. The second kappa shape index (κ2) is 5.05. The first-order valence-electron chi connectivity index (χ1n) is 6.03. The molecule has 0 bridgehead atoms. The van der Waals surface area contributed by atoms with Crippen LogP contribution in [0.5, 0.6) is 0 Å². The summed E-state index contributed by atoms with van der Waals surface area (Å²) in [6, 6.07) is 0. The molecule has 0 radical (unpaired) electrons. The maximum Gasteiger partial charge on any atom is 0.182 e. The number of fused-ring (bicyclic) bond motifs is 1. The van der Waals surface area contributed by atoms with Crippen molar-refractivity contribution in [2.45, 2.75) is 24.2 Å². The minimum Gasteiger partial charge on any atom is -0.392 e. The molecule has 2 aromatic heterocycles. The molecule has 1 aliphatic rings. The van der Waals surface area contributed by atoms with Crippen LogP contribution in [0.15, 0.2) is 12.7 Å². The minimum absolute atomic E-state index is 0.188. The van der Waals surface area contributed by atoms with Gasteiger partial charge in [0.1, 0.15) is 24.1 Å². The number of rotatable bonds is 3. The molecule has 11 heteroatoms. The molecule has 0 aromatic carbocycles. The molecule has 2 aromatic rings. The Kier molecular flexibility index (Phi) is 3.47. The van der Waals surface area contributed by atoms with Crippen LogP contribution in [0.4, 0.5) is 5.82 Å². The number of imidazole rings is 1. The molecule has 0 aliphatic carbocycles. The van der Waals surface area contributed by atoms with Crippen molar-refractivity contribution < 1.29 is 20.1 Å². The predicted molar refractivity (Wildman–Crippen MR) is 73.8 cm³/mol. The zero-order valence-electron chi connectivity index (χ0n) is 10.7. The van der Waals surface area contributed by atoms with Crippen LogP contribution >= 0.6 is 12.8 Å². The second-order valence-corrected chi connectivity index (χ2v) is 4.91. The fourth-order valence-corrected chi connectivity index (χ4v) is 2.58. The van der Waals surface area contributed by atoms with E-state index in [0.717, 1.165) is 0 Å². The molecule has 1 fully saturated rings. The van der Waals surface area contributed by atoms with Crippen LogP contribution in [0.2, 0.25) is 0 Å². The summed E-state index contributed by atoms with van der Waals surface area (Å²) in [7, 11) is 0. The molecule has 10 nitrogen and oxygen atoms in total. The SMILES string of the molecule is Nc1ncnc2c1ncn2[C@@H]1O[C@@](CO)(NS)C(O)C1O. The first kappa shape index (κ1) is 14.4. The summed E-state index contributed by atoms with van der Waals surface area (Å²) in [5, 5.41) is 29.6. The van der Waals surface area contributed by atoms with Gasteiger partial charge in [-0.3, -0.25) is 4.57 Å². The highest BCUT2D eigenvalue weighted by molar-refractivity contribution is 7.78. The molecule has 6 N–H and O–H groups in total. The third-order valence-electron chi connectivity index (χ3n) is 3.51. The summed E-state index contributed by atoms with van der Waals surface area (Å²) in [4.78, 5) is 11.9. The van der Waals surface area contributed by atoms with Crippen LogP contribution in [0.1, 0.15) is 6.23 Å². The third-order valence-corrected chi connectivity index (χ3v) is 3.89. The predicted octanol–water partition coefficient (Wildman–Crippen LogP) is -2.22. The van der Waals surface area contributed by atoms with E-state index < -0.39 is 30.8 Å². The molecule has 3 rings (SSSR count). The zero-order chi connectivity index (χ0) is 15.2. The van der Waals surface area contributed by atoms with Crippen molar-refractivity contribution in [3.05, 3.63) is 12.7 Å². The van der Waals surface area contributed by atoms with E-state index in [0.29, 0.717) is 11.2 Å². The zero-order valence-corrected chi connectivity index (χ0v) is 11.6. The van der Waals surface area contributed by atoms with Gasteiger partial charge >= 0.3 is 0 Å². The van der Waals surface area contributed by atoms with Crippen LogP contribution in [-0.4, -0.2) is 59.4 Å². The van der Waals surface area contributed by atoms with Crippen molar-refractivity contribution in [1.82, 2.24) is 24.2 Å². The number of anilines is 1. The average molecular weight is 314 g/mol. The van der Waals surface area contributed by atoms with Gasteiger partial charge in [-0.05, 0) is 0 Å². The van der Waals surface area contributed by atoms with Gasteiger partial charge in [-0.2, -0.15) is 0 Å². The van der Waals surface area contributed by atoms with Gasteiger partial charge in [-0.1, -0.05) is 12.8 Å². The molecule has 2 unspecified atom stereocenters. The van der Waals surface area contributed by atoms with Crippen LogP contribution in [0.3, 0.4) is 0 Å². The van der Waals surface area contributed by atoms with E-state index in [2.05, 4.69) is 32.5 Å². The third kappa shape index (κ3) is 1.97. The Balaban J connectivity index is 2.06. The Morgan fingerprint density at radius 2 is 2.19 bits per heavy atom. The van der Waals surface area contributed by atoms with Crippen LogP contribution in [0, 0.1) is 0 Å². The smallest absolute Gasteiger partial charge is 0.182 e. The van der Waals surface area contributed by atoms with E-state index in [4.69, 9.17) is 10.5 Å². The van der Waals surface area contributed by atoms with Gasteiger partial charge in [-0.15, -0.1) is 0 Å². The Bertz CT molecular complexity index is 662. The summed E-state index contributed by atoms with van der Waals surface area (Å²) in [6.45, 7) is -0.588. The number of nitrogens with one attached hydrogen (secondary N) is 1. The van der Waals surface area contributed by atoms with Gasteiger partial charge in [0.2, 0.25) is 0 Å². The molecular formula is C10H14N6O4S. The average Bonchev–Trinajstić information content (AvgIpc) is 3.02. The van der Waals surface area contributed by atoms with E-state index in [1.165, 1.54) is 17.2 Å². The quantitative estimate of drug-likeness (QED) is 0.346. The van der Waals surface area contributed by atoms with Gasteiger partial charge in [0, 0.05) is 0 Å². The lowest BCUT2D eigenvalue weighted by atomic mass is 10.1. The van der Waals surface area contributed by atoms with E-state index in [1.807, 2.05) is 0 Å². The van der Waals surface area contributed by atoms with Gasteiger partial charge in [0.05, 0.1) is 12.9 Å². The maximum absolute atomic E-state index is 10.2. The molecule has 1 saturated heterocycles. The van der Waals surface area contributed by atoms with Crippen LogP contribution < -0.4 is 10.5 Å². The summed E-state index contributed by atoms with van der Waals surface area (Å²) in [5.41, 5.74) is 4.79. The highest BCUT2D eigenvalue weighted by Crippen LogP contribution is 2.37. The Morgan fingerprint density at radius 1 is 1.43 bits per heavy atom. The number of thiol groups is 1. The lowest BCUT2D eigenvalue weighted by Gasteiger charge is -2.28. The summed E-state index contributed by atoms with van der Waals surface area (Å²) < 4.78 is 9.33. The number of nitrogen functional groups attached to an aromatic ring is 1. The lowest BCUT2D eigenvalue weighted by Crippen LogP contribution is -2.54. The molecule has 0 spiro atoms. The first-order chi connectivity index (χ1) is 10.0. The molecule has 3 heterocycles. The van der Waals surface area contributed by atoms with Crippen molar-refractivity contribution in [3.63, 3.8) is 0 Å². The minimum atomic E-state index is -1.59. The van der Waals surface area contributed by atoms with E-state index in [9.17, 15) is 15.3 Å². The van der Waals surface area contributed by atoms with Gasteiger partial charge in [0.25, 0.3) is 0 Å². The number of aromatic nitrogens is 4. The topological polar surface area (TPSA) is 152 Å². The Hall–Kier alpha value is -1.50. The fourth-order valence-electron chi connectivity index (χ4n) is 2.32.